The highest BCUT2D eigenvalue weighted by atomic mass is 32.2. The first-order chi connectivity index (χ1) is 22.4. The summed E-state index contributed by atoms with van der Waals surface area (Å²) in [4.78, 5) is 24.1. The lowest BCUT2D eigenvalue weighted by Gasteiger charge is -2.47. The largest absolute Gasteiger partial charge is 0.394 e. The number of aliphatic hydroxyl groups is 5. The van der Waals surface area contributed by atoms with Crippen molar-refractivity contribution in [2.75, 3.05) is 18.9 Å². The first kappa shape index (κ1) is 36.8. The molecule has 0 aromatic carbocycles. The average Bonchev–Trinajstić information content (AvgIpc) is 3.58. The first-order valence-electron chi connectivity index (χ1n) is 16.3. The predicted octanol–water partition coefficient (Wildman–Crippen LogP) is -5.41. The smallest absolute Gasteiger partial charge is 0.315 e. The fraction of sp³-hybridized carbons (Fsp3) is 0.929. The van der Waals surface area contributed by atoms with E-state index in [1.165, 1.54) is 0 Å². The van der Waals surface area contributed by atoms with E-state index in [2.05, 4.69) is 16.0 Å². The van der Waals surface area contributed by atoms with Crippen LogP contribution in [0.5, 0.6) is 0 Å². The lowest BCUT2D eigenvalue weighted by atomic mass is 9.84. The molecule has 1 saturated carbocycles. The minimum Gasteiger partial charge on any atom is -0.394 e. The zero-order valence-corrected chi connectivity index (χ0v) is 26.9. The maximum absolute atomic E-state index is 12.6. The topological polar surface area (TPSA) is 312 Å². The Hall–Kier alpha value is -1.43. The fourth-order valence-corrected chi connectivity index (χ4v) is 8.52. The number of ether oxygens (including phenoxy) is 4. The fourth-order valence-electron chi connectivity index (χ4n) is 6.98. The lowest BCUT2D eigenvalue weighted by Crippen LogP contribution is -2.68. The summed E-state index contributed by atoms with van der Waals surface area (Å²) in [6.45, 7) is -0.570. The number of fused-ring (bicyclic) bond motifs is 1. The van der Waals surface area contributed by atoms with Crippen molar-refractivity contribution in [1.82, 2.24) is 16.0 Å². The molecule has 270 valence electrons. The van der Waals surface area contributed by atoms with Gasteiger partial charge in [0.25, 0.3) is 0 Å². The number of hydrogen-bond acceptors (Lipinski definition) is 16. The van der Waals surface area contributed by atoms with Crippen LogP contribution in [0.2, 0.25) is 0 Å². The van der Waals surface area contributed by atoms with Crippen LogP contribution >= 0.6 is 11.8 Å². The van der Waals surface area contributed by atoms with Crippen LogP contribution in [0, 0.1) is 0 Å². The summed E-state index contributed by atoms with van der Waals surface area (Å²) in [5.74, 6) is 0.689. The molecule has 3 amide bonds. The second-order valence-corrected chi connectivity index (χ2v) is 14.5. The molecular formula is C28H51N7O11S. The van der Waals surface area contributed by atoms with E-state index in [0.29, 0.717) is 18.1 Å². The number of carbonyl (C=O) groups excluding carboxylic acids is 2. The SMILES string of the molecule is N[C@@H]1[C@H](O)[C@@H](O[C@H]2[C@@H](O)[C@H](O[C@H]3O[C@@H](CNC(=O)CCCC[C@@H]4SC[C@@H]5NC(=O)N[C@@H]54)[C@@H](O)C[C@H]3N)[C@H](N)C[C@H]2N)O[C@@H](CO)[C@H]1O. The normalized spacial score (nSPS) is 46.8. The number of rotatable bonds is 12. The van der Waals surface area contributed by atoms with Crippen LogP contribution in [-0.4, -0.2) is 159 Å². The van der Waals surface area contributed by atoms with Crippen LogP contribution < -0.4 is 38.9 Å². The van der Waals surface area contributed by atoms with Crippen LogP contribution in [0.1, 0.15) is 38.5 Å². The highest BCUT2D eigenvalue weighted by Crippen LogP contribution is 2.34. The van der Waals surface area contributed by atoms with Gasteiger partial charge in [0, 0.05) is 36.1 Å². The lowest BCUT2D eigenvalue weighted by molar-refractivity contribution is -0.315. The van der Waals surface area contributed by atoms with Crippen LogP contribution in [0.25, 0.3) is 0 Å². The molecule has 4 heterocycles. The molecule has 0 bridgehead atoms. The number of urea groups is 1. The minimum absolute atomic E-state index is 0.0113. The molecule has 47 heavy (non-hydrogen) atoms. The van der Waals surface area contributed by atoms with E-state index in [9.17, 15) is 35.1 Å². The van der Waals surface area contributed by atoms with Gasteiger partial charge in [-0.15, -0.1) is 0 Å². The van der Waals surface area contributed by atoms with Crippen LogP contribution in [0.15, 0.2) is 0 Å². The molecule has 4 saturated heterocycles. The van der Waals surface area contributed by atoms with E-state index in [4.69, 9.17) is 41.9 Å². The summed E-state index contributed by atoms with van der Waals surface area (Å²) in [5, 5.41) is 61.1. The van der Waals surface area contributed by atoms with Gasteiger partial charge in [-0.05, 0) is 25.7 Å². The third-order valence-electron chi connectivity index (χ3n) is 9.76. The number of amides is 3. The van der Waals surface area contributed by atoms with Crippen LogP contribution in [-0.2, 0) is 23.7 Å². The quantitative estimate of drug-likeness (QED) is 0.0670. The van der Waals surface area contributed by atoms with Gasteiger partial charge in [0.1, 0.15) is 42.7 Å². The molecule has 16 N–H and O–H groups in total. The Kier molecular flexibility index (Phi) is 12.6. The van der Waals surface area contributed by atoms with Crippen LogP contribution in [0.4, 0.5) is 4.79 Å². The highest BCUT2D eigenvalue weighted by molar-refractivity contribution is 8.00. The summed E-state index contributed by atoms with van der Waals surface area (Å²) in [7, 11) is 0. The standard InChI is InChI=1S/C28H51N7O11S/c29-10-5-11(30)25(46-27-22(40)19(32)21(39)16(8-36)44-27)23(41)24(10)45-26-12(31)6-14(37)15(43-26)7-33-18(38)4-2-1-3-17-20-13(9-47-17)34-28(42)35-20/h10-17,19-27,36-37,39-41H,1-9,29-32H2,(H,33,38)(H2,34,35,42)/t10-,11-,12-,13+,14+,15+,16+,17+,19+,20+,21-,22+,23+,24-,25-,26-,27-/m1/s1. The van der Waals surface area contributed by atoms with Crippen molar-refractivity contribution in [3.8, 4) is 0 Å². The molecule has 0 aromatic rings. The second kappa shape index (κ2) is 16.1. The van der Waals surface area contributed by atoms with Gasteiger partial charge in [-0.25, -0.2) is 4.79 Å². The molecular weight excluding hydrogens is 642 g/mol. The van der Waals surface area contributed by atoms with Gasteiger partial charge in [0.05, 0.1) is 36.9 Å². The highest BCUT2D eigenvalue weighted by Gasteiger charge is 2.50. The number of nitrogens with one attached hydrogen (secondary N) is 3. The maximum atomic E-state index is 12.6. The molecule has 0 aromatic heterocycles. The van der Waals surface area contributed by atoms with Gasteiger partial charge < -0.3 is 83.4 Å². The van der Waals surface area contributed by atoms with E-state index in [0.717, 1.165) is 18.6 Å². The summed E-state index contributed by atoms with van der Waals surface area (Å²) in [6.07, 6.45) is -9.02. The van der Waals surface area contributed by atoms with Gasteiger partial charge in [-0.3, -0.25) is 4.79 Å². The Morgan fingerprint density at radius 2 is 1.57 bits per heavy atom. The van der Waals surface area contributed by atoms with Gasteiger partial charge >= 0.3 is 6.03 Å². The van der Waals surface area contributed by atoms with E-state index < -0.39 is 92.2 Å². The molecule has 4 aliphatic heterocycles. The van der Waals surface area contributed by atoms with Crippen molar-refractivity contribution < 1.29 is 54.1 Å². The van der Waals surface area contributed by atoms with E-state index in [-0.39, 0.29) is 43.4 Å². The van der Waals surface area contributed by atoms with Crippen molar-refractivity contribution in [2.24, 2.45) is 22.9 Å². The maximum Gasteiger partial charge on any atom is 0.315 e. The Bertz CT molecular complexity index is 1070. The van der Waals surface area contributed by atoms with Crippen molar-refractivity contribution in [1.29, 1.82) is 0 Å². The van der Waals surface area contributed by atoms with E-state index >= 15 is 0 Å². The number of nitrogens with two attached hydrogens (primary N) is 4. The Morgan fingerprint density at radius 1 is 0.894 bits per heavy atom. The molecule has 19 heteroatoms. The Morgan fingerprint density at radius 3 is 2.28 bits per heavy atom. The molecule has 0 radical (unpaired) electrons. The molecule has 18 nitrogen and oxygen atoms in total. The molecule has 5 rings (SSSR count). The molecule has 1 aliphatic carbocycles. The summed E-state index contributed by atoms with van der Waals surface area (Å²) < 4.78 is 23.4. The second-order valence-electron chi connectivity index (χ2n) is 13.2. The molecule has 5 fully saturated rings. The van der Waals surface area contributed by atoms with E-state index in [1.54, 1.807) is 0 Å². The van der Waals surface area contributed by atoms with Gasteiger partial charge in [0.15, 0.2) is 12.6 Å². The van der Waals surface area contributed by atoms with Crippen molar-refractivity contribution in [3.63, 3.8) is 0 Å². The summed E-state index contributed by atoms with van der Waals surface area (Å²) in [6, 6.07) is -3.37. The third-order valence-corrected chi connectivity index (χ3v) is 11.3. The summed E-state index contributed by atoms with van der Waals surface area (Å²) >= 11 is 1.83. The summed E-state index contributed by atoms with van der Waals surface area (Å²) in [5.41, 5.74) is 24.7. The number of unbranched alkanes of at least 4 members (excludes halogenated alkanes) is 1. The monoisotopic (exact) mass is 693 g/mol. The van der Waals surface area contributed by atoms with Gasteiger partial charge in [-0.1, -0.05) is 6.42 Å². The zero-order chi connectivity index (χ0) is 34.0. The zero-order valence-electron chi connectivity index (χ0n) is 26.1. The minimum atomic E-state index is -1.48. The molecule has 17 atom stereocenters. The predicted molar refractivity (Wildman–Crippen MR) is 166 cm³/mol. The Balaban J connectivity index is 1.09. The number of hydrogen-bond donors (Lipinski definition) is 12. The molecule has 0 unspecified atom stereocenters. The first-order valence-corrected chi connectivity index (χ1v) is 17.3. The van der Waals surface area contributed by atoms with Gasteiger partial charge in [-0.2, -0.15) is 11.8 Å². The number of thioether (sulfide) groups is 1. The number of aliphatic hydroxyl groups excluding tert-OH is 5. The van der Waals surface area contributed by atoms with Gasteiger partial charge in [0.2, 0.25) is 5.91 Å². The number of carbonyl (C=O) groups is 2. The van der Waals surface area contributed by atoms with Crippen LogP contribution in [0.3, 0.4) is 0 Å². The third kappa shape index (κ3) is 8.48. The molecule has 5 aliphatic rings. The van der Waals surface area contributed by atoms with E-state index in [1.807, 2.05) is 11.8 Å². The van der Waals surface area contributed by atoms with Crippen molar-refractivity contribution in [3.05, 3.63) is 0 Å². The Labute approximate surface area is 276 Å². The average molecular weight is 694 g/mol. The molecule has 0 spiro atoms. The van der Waals surface area contributed by atoms with Crippen molar-refractivity contribution in [2.45, 2.75) is 141 Å². The van der Waals surface area contributed by atoms with Crippen molar-refractivity contribution >= 4 is 23.7 Å².